The Hall–Kier alpha value is -1.38. The Morgan fingerprint density at radius 3 is 2.72 bits per heavy atom. The first-order valence-corrected chi connectivity index (χ1v) is 6.63. The van der Waals surface area contributed by atoms with E-state index < -0.39 is 5.41 Å². The highest BCUT2D eigenvalue weighted by molar-refractivity contribution is 6.03. The molecule has 0 fully saturated rings. The average molecular weight is 248 g/mol. The van der Waals surface area contributed by atoms with Crippen molar-refractivity contribution in [3.05, 3.63) is 24.0 Å². The Morgan fingerprint density at radius 2 is 2.11 bits per heavy atom. The Morgan fingerprint density at radius 1 is 1.33 bits per heavy atom. The van der Waals surface area contributed by atoms with E-state index in [4.69, 9.17) is 4.74 Å². The molecule has 0 aliphatic heterocycles. The number of carbonyl (C=O) groups is 2. The molecule has 0 saturated carbocycles. The molecule has 1 unspecified atom stereocenters. The normalized spacial score (nSPS) is 27.8. The second-order valence-corrected chi connectivity index (χ2v) is 5.60. The van der Waals surface area contributed by atoms with Crippen molar-refractivity contribution in [3.8, 4) is 0 Å². The summed E-state index contributed by atoms with van der Waals surface area (Å²) in [5, 5.41) is 0. The fourth-order valence-electron chi connectivity index (χ4n) is 2.46. The van der Waals surface area contributed by atoms with Crippen LogP contribution in [0.5, 0.6) is 0 Å². The summed E-state index contributed by atoms with van der Waals surface area (Å²) >= 11 is 0. The minimum absolute atomic E-state index is 0.0538. The first-order valence-electron chi connectivity index (χ1n) is 6.63. The first kappa shape index (κ1) is 13.1. The number of Topliss-reactive ketones (excluding diaryl/α,β-unsaturated/α-hetero) is 1. The lowest BCUT2D eigenvalue weighted by atomic mass is 9.69. The average Bonchev–Trinajstić information content (AvgIpc) is 2.34. The zero-order valence-corrected chi connectivity index (χ0v) is 11.1. The molecule has 1 atom stereocenters. The van der Waals surface area contributed by atoms with Crippen molar-refractivity contribution >= 4 is 11.6 Å². The maximum absolute atomic E-state index is 12.5. The van der Waals surface area contributed by atoms with E-state index in [1.165, 1.54) is 0 Å². The van der Waals surface area contributed by atoms with E-state index in [0.29, 0.717) is 31.1 Å². The standard InChI is InChI=1S/C15H20O3/c1-11(2)10-18-13-4-3-7-15(14(13)17)8-5-12(16)6-9-15/h4-5,8,11H,3,6-7,9-10H2,1-2H3. The van der Waals surface area contributed by atoms with Crippen molar-refractivity contribution in [2.24, 2.45) is 11.3 Å². The molecule has 0 aromatic rings. The van der Waals surface area contributed by atoms with Gasteiger partial charge in [-0.15, -0.1) is 0 Å². The van der Waals surface area contributed by atoms with Crippen LogP contribution < -0.4 is 0 Å². The number of hydrogen-bond donors (Lipinski definition) is 0. The molecule has 2 aliphatic rings. The second kappa shape index (κ2) is 5.09. The van der Waals surface area contributed by atoms with Crippen LogP contribution in [0.3, 0.4) is 0 Å². The van der Waals surface area contributed by atoms with Crippen LogP contribution >= 0.6 is 0 Å². The van der Waals surface area contributed by atoms with Crippen LogP contribution in [0.25, 0.3) is 0 Å². The number of rotatable bonds is 3. The zero-order valence-electron chi connectivity index (χ0n) is 11.1. The van der Waals surface area contributed by atoms with Gasteiger partial charge in [0.05, 0.1) is 12.0 Å². The Labute approximate surface area is 108 Å². The number of hydrogen-bond acceptors (Lipinski definition) is 3. The SMILES string of the molecule is CC(C)COC1=CCCC2(C=CC(=O)CC2)C1=O. The van der Waals surface area contributed by atoms with E-state index >= 15 is 0 Å². The Bertz CT molecular complexity index is 417. The van der Waals surface area contributed by atoms with Crippen molar-refractivity contribution in [2.45, 2.75) is 39.5 Å². The number of ketones is 2. The van der Waals surface area contributed by atoms with Gasteiger partial charge in [0.2, 0.25) is 5.78 Å². The molecule has 0 radical (unpaired) electrons. The van der Waals surface area contributed by atoms with Gasteiger partial charge in [0.15, 0.2) is 11.5 Å². The van der Waals surface area contributed by atoms with Crippen molar-refractivity contribution in [1.29, 1.82) is 0 Å². The molecule has 2 aliphatic carbocycles. The predicted octanol–water partition coefficient (Wildman–Crippen LogP) is 2.81. The van der Waals surface area contributed by atoms with Gasteiger partial charge < -0.3 is 4.74 Å². The van der Waals surface area contributed by atoms with Crippen molar-refractivity contribution < 1.29 is 14.3 Å². The Kier molecular flexibility index (Phi) is 3.69. The number of allylic oxidation sites excluding steroid dienone is 4. The monoisotopic (exact) mass is 248 g/mol. The van der Waals surface area contributed by atoms with E-state index in [1.54, 1.807) is 12.2 Å². The molecule has 1 spiro atoms. The van der Waals surface area contributed by atoms with Gasteiger partial charge in [-0.1, -0.05) is 19.9 Å². The van der Waals surface area contributed by atoms with Crippen LogP contribution in [-0.4, -0.2) is 18.2 Å². The topological polar surface area (TPSA) is 43.4 Å². The highest BCUT2D eigenvalue weighted by Crippen LogP contribution is 2.41. The molecule has 0 aromatic carbocycles. The molecule has 3 nitrogen and oxygen atoms in total. The zero-order chi connectivity index (χ0) is 13.2. The summed E-state index contributed by atoms with van der Waals surface area (Å²) in [6.07, 6.45) is 7.99. The maximum Gasteiger partial charge on any atom is 0.206 e. The summed E-state index contributed by atoms with van der Waals surface area (Å²) in [4.78, 5) is 23.7. The molecular formula is C15H20O3. The Balaban J connectivity index is 2.13. The van der Waals surface area contributed by atoms with Gasteiger partial charge in [-0.2, -0.15) is 0 Å². The van der Waals surface area contributed by atoms with Crippen LogP contribution in [-0.2, 0) is 14.3 Å². The van der Waals surface area contributed by atoms with E-state index in [-0.39, 0.29) is 11.6 Å². The third-order valence-electron chi connectivity index (χ3n) is 3.57. The summed E-state index contributed by atoms with van der Waals surface area (Å²) in [7, 11) is 0. The number of carbonyl (C=O) groups excluding carboxylic acids is 2. The molecule has 0 saturated heterocycles. The van der Waals surface area contributed by atoms with Gasteiger partial charge in [-0.25, -0.2) is 0 Å². The third-order valence-corrected chi connectivity index (χ3v) is 3.57. The van der Waals surface area contributed by atoms with Crippen LogP contribution in [0, 0.1) is 11.3 Å². The van der Waals surface area contributed by atoms with E-state index in [0.717, 1.165) is 12.8 Å². The minimum Gasteiger partial charge on any atom is -0.490 e. The largest absolute Gasteiger partial charge is 0.490 e. The number of ether oxygens (including phenoxy) is 1. The summed E-state index contributed by atoms with van der Waals surface area (Å²) in [5.74, 6) is 1.07. The lowest BCUT2D eigenvalue weighted by Crippen LogP contribution is -2.36. The van der Waals surface area contributed by atoms with E-state index in [1.807, 2.05) is 6.08 Å². The molecule has 0 N–H and O–H groups in total. The van der Waals surface area contributed by atoms with Crippen molar-refractivity contribution in [2.75, 3.05) is 6.61 Å². The second-order valence-electron chi connectivity index (χ2n) is 5.60. The minimum atomic E-state index is -0.477. The van der Waals surface area contributed by atoms with Gasteiger partial charge in [0, 0.05) is 6.42 Å². The molecule has 18 heavy (non-hydrogen) atoms. The summed E-state index contributed by atoms with van der Waals surface area (Å²) in [6.45, 7) is 4.68. The van der Waals surface area contributed by atoms with E-state index in [2.05, 4.69) is 13.8 Å². The predicted molar refractivity (Wildman–Crippen MR) is 68.9 cm³/mol. The van der Waals surface area contributed by atoms with Crippen LogP contribution in [0.1, 0.15) is 39.5 Å². The fourth-order valence-corrected chi connectivity index (χ4v) is 2.46. The van der Waals surface area contributed by atoms with Crippen molar-refractivity contribution in [1.82, 2.24) is 0 Å². The maximum atomic E-state index is 12.5. The van der Waals surface area contributed by atoms with Gasteiger partial charge in [-0.3, -0.25) is 9.59 Å². The van der Waals surface area contributed by atoms with Gasteiger partial charge >= 0.3 is 0 Å². The van der Waals surface area contributed by atoms with E-state index in [9.17, 15) is 9.59 Å². The highest BCUT2D eigenvalue weighted by Gasteiger charge is 2.42. The summed E-state index contributed by atoms with van der Waals surface area (Å²) in [6, 6.07) is 0. The summed E-state index contributed by atoms with van der Waals surface area (Å²) in [5.41, 5.74) is -0.477. The smallest absolute Gasteiger partial charge is 0.206 e. The molecule has 0 bridgehead atoms. The molecule has 2 rings (SSSR count). The molecule has 3 heteroatoms. The fraction of sp³-hybridized carbons (Fsp3) is 0.600. The first-order chi connectivity index (χ1) is 8.53. The molecule has 0 heterocycles. The van der Waals surface area contributed by atoms with Crippen molar-refractivity contribution in [3.63, 3.8) is 0 Å². The van der Waals surface area contributed by atoms with Crippen LogP contribution in [0.4, 0.5) is 0 Å². The van der Waals surface area contributed by atoms with Crippen LogP contribution in [0.15, 0.2) is 24.0 Å². The third kappa shape index (κ3) is 2.55. The van der Waals surface area contributed by atoms with Crippen LogP contribution in [0.2, 0.25) is 0 Å². The summed E-state index contributed by atoms with van der Waals surface area (Å²) < 4.78 is 5.60. The lowest BCUT2D eigenvalue weighted by Gasteiger charge is -2.34. The molecule has 98 valence electrons. The molecule has 0 aromatic heterocycles. The highest BCUT2D eigenvalue weighted by atomic mass is 16.5. The molecule has 0 amide bonds. The quantitative estimate of drug-likeness (QED) is 0.771. The lowest BCUT2D eigenvalue weighted by molar-refractivity contribution is -0.128. The molecular weight excluding hydrogens is 228 g/mol. The van der Waals surface area contributed by atoms with Gasteiger partial charge in [0.1, 0.15) is 0 Å². The van der Waals surface area contributed by atoms with Gasteiger partial charge in [0.25, 0.3) is 0 Å². The van der Waals surface area contributed by atoms with Gasteiger partial charge in [-0.05, 0) is 37.3 Å².